The van der Waals surface area contributed by atoms with Crippen LogP contribution in [0, 0.1) is 23.4 Å². The predicted octanol–water partition coefficient (Wildman–Crippen LogP) is 3.40. The molecule has 1 atom stereocenters. The molecule has 23 heavy (non-hydrogen) atoms. The monoisotopic (exact) mass is 322 g/mol. The van der Waals surface area contributed by atoms with Crippen LogP contribution in [0.25, 0.3) is 0 Å². The molecule has 2 aromatic rings. The van der Waals surface area contributed by atoms with Crippen molar-refractivity contribution in [2.75, 3.05) is 19.7 Å². The number of halogens is 3. The first-order valence-electron chi connectivity index (χ1n) is 7.51. The van der Waals surface area contributed by atoms with E-state index in [4.69, 9.17) is 4.74 Å². The van der Waals surface area contributed by atoms with Crippen LogP contribution in [0.4, 0.5) is 13.2 Å². The molecule has 6 heteroatoms. The highest BCUT2D eigenvalue weighted by Gasteiger charge is 2.23. The fourth-order valence-electron chi connectivity index (χ4n) is 2.74. The third-order valence-electron chi connectivity index (χ3n) is 3.93. The molecule has 122 valence electrons. The number of ether oxygens (including phenoxy) is 1. The van der Waals surface area contributed by atoms with Crippen LogP contribution in [0.3, 0.4) is 0 Å². The van der Waals surface area contributed by atoms with Crippen molar-refractivity contribution in [1.82, 2.24) is 9.88 Å². The first-order chi connectivity index (χ1) is 11.1. The van der Waals surface area contributed by atoms with Gasteiger partial charge in [-0.1, -0.05) is 6.07 Å². The first kappa shape index (κ1) is 15.8. The molecule has 1 aliphatic heterocycles. The van der Waals surface area contributed by atoms with Gasteiger partial charge in [-0.15, -0.1) is 0 Å². The highest BCUT2D eigenvalue weighted by atomic mass is 19.2. The molecule has 0 N–H and O–H groups in total. The van der Waals surface area contributed by atoms with Crippen LogP contribution in [0.2, 0.25) is 0 Å². The first-order valence-corrected chi connectivity index (χ1v) is 7.51. The molecular formula is C17H17F3N2O. The minimum absolute atomic E-state index is 0.340. The SMILES string of the molecule is Fc1ccc(OCC2CCN(Cc3ccc(F)c(F)c3)C2)nc1. The summed E-state index contributed by atoms with van der Waals surface area (Å²) in [5.74, 6) is -1.29. The Morgan fingerprint density at radius 1 is 1.13 bits per heavy atom. The summed E-state index contributed by atoms with van der Waals surface area (Å²) in [6, 6.07) is 6.81. The molecule has 3 rings (SSSR count). The van der Waals surface area contributed by atoms with Gasteiger partial charge in [0.1, 0.15) is 5.82 Å². The second-order valence-electron chi connectivity index (χ2n) is 5.76. The van der Waals surface area contributed by atoms with E-state index in [0.29, 0.717) is 24.9 Å². The second kappa shape index (κ2) is 7.00. The van der Waals surface area contributed by atoms with Gasteiger partial charge < -0.3 is 4.74 Å². The molecule has 2 heterocycles. The van der Waals surface area contributed by atoms with E-state index in [-0.39, 0.29) is 0 Å². The Kier molecular flexibility index (Phi) is 4.81. The van der Waals surface area contributed by atoms with Gasteiger partial charge in [0.05, 0.1) is 12.8 Å². The van der Waals surface area contributed by atoms with E-state index in [2.05, 4.69) is 9.88 Å². The van der Waals surface area contributed by atoms with Crippen LogP contribution < -0.4 is 4.74 Å². The van der Waals surface area contributed by atoms with Gasteiger partial charge in [-0.2, -0.15) is 0 Å². The van der Waals surface area contributed by atoms with Crippen LogP contribution in [-0.2, 0) is 6.54 Å². The maximum Gasteiger partial charge on any atom is 0.213 e. The summed E-state index contributed by atoms with van der Waals surface area (Å²) in [5, 5.41) is 0. The Labute approximate surface area is 132 Å². The smallest absolute Gasteiger partial charge is 0.213 e. The number of nitrogens with zero attached hydrogens (tertiary/aromatic N) is 2. The van der Waals surface area contributed by atoms with Crippen molar-refractivity contribution in [3.63, 3.8) is 0 Å². The van der Waals surface area contributed by atoms with Gasteiger partial charge >= 0.3 is 0 Å². The number of rotatable bonds is 5. The zero-order valence-corrected chi connectivity index (χ0v) is 12.5. The van der Waals surface area contributed by atoms with E-state index in [1.54, 1.807) is 6.07 Å². The van der Waals surface area contributed by atoms with E-state index in [1.807, 2.05) is 0 Å². The highest BCUT2D eigenvalue weighted by Crippen LogP contribution is 2.20. The number of aromatic nitrogens is 1. The Hall–Kier alpha value is -2.08. The van der Waals surface area contributed by atoms with Crippen molar-refractivity contribution < 1.29 is 17.9 Å². The molecule has 0 saturated carbocycles. The van der Waals surface area contributed by atoms with E-state index >= 15 is 0 Å². The number of pyridine rings is 1. The molecule has 0 spiro atoms. The summed E-state index contributed by atoms with van der Waals surface area (Å²) in [6.07, 6.45) is 2.09. The van der Waals surface area contributed by atoms with Crippen LogP contribution in [0.1, 0.15) is 12.0 Å². The molecule has 0 amide bonds. The lowest BCUT2D eigenvalue weighted by atomic mass is 10.1. The average molecular weight is 322 g/mol. The lowest BCUT2D eigenvalue weighted by Crippen LogP contribution is -2.22. The van der Waals surface area contributed by atoms with Crippen molar-refractivity contribution in [3.05, 3.63) is 59.5 Å². The lowest BCUT2D eigenvalue weighted by Gasteiger charge is -2.16. The van der Waals surface area contributed by atoms with Crippen molar-refractivity contribution in [2.45, 2.75) is 13.0 Å². The number of benzene rings is 1. The Morgan fingerprint density at radius 2 is 2.00 bits per heavy atom. The quantitative estimate of drug-likeness (QED) is 0.844. The molecule has 0 bridgehead atoms. The molecule has 1 aromatic heterocycles. The van der Waals surface area contributed by atoms with Gasteiger partial charge in [0, 0.05) is 25.1 Å². The van der Waals surface area contributed by atoms with Gasteiger partial charge in [-0.3, -0.25) is 4.90 Å². The molecule has 1 aliphatic rings. The minimum atomic E-state index is -0.826. The van der Waals surface area contributed by atoms with E-state index in [0.717, 1.165) is 37.3 Å². The van der Waals surface area contributed by atoms with Crippen LogP contribution >= 0.6 is 0 Å². The van der Waals surface area contributed by atoms with Gasteiger partial charge in [-0.05, 0) is 36.7 Å². The average Bonchev–Trinajstić information content (AvgIpc) is 2.98. The van der Waals surface area contributed by atoms with Gasteiger partial charge in [0.2, 0.25) is 5.88 Å². The van der Waals surface area contributed by atoms with Crippen LogP contribution in [0.15, 0.2) is 36.5 Å². The Morgan fingerprint density at radius 3 is 2.74 bits per heavy atom. The van der Waals surface area contributed by atoms with Crippen molar-refractivity contribution in [2.24, 2.45) is 5.92 Å². The molecule has 0 radical (unpaired) electrons. The third kappa shape index (κ3) is 4.22. The summed E-state index contributed by atoms with van der Waals surface area (Å²) in [6.45, 7) is 2.79. The van der Waals surface area contributed by atoms with Gasteiger partial charge in [-0.25, -0.2) is 18.2 Å². The zero-order chi connectivity index (χ0) is 16.2. The number of hydrogen-bond donors (Lipinski definition) is 0. The normalized spacial score (nSPS) is 18.3. The van der Waals surface area contributed by atoms with E-state index in [9.17, 15) is 13.2 Å². The highest BCUT2D eigenvalue weighted by molar-refractivity contribution is 5.18. The Bertz CT molecular complexity index is 663. The molecule has 0 aliphatic carbocycles. The topological polar surface area (TPSA) is 25.4 Å². The molecule has 1 aromatic carbocycles. The molecule has 1 unspecified atom stereocenters. The second-order valence-corrected chi connectivity index (χ2v) is 5.76. The summed E-state index contributed by atoms with van der Waals surface area (Å²) in [5.41, 5.74) is 0.755. The maximum atomic E-state index is 13.2. The molecular weight excluding hydrogens is 305 g/mol. The number of likely N-dealkylation sites (tertiary alicyclic amines) is 1. The summed E-state index contributed by atoms with van der Waals surface area (Å²) in [7, 11) is 0. The van der Waals surface area contributed by atoms with Crippen molar-refractivity contribution in [1.29, 1.82) is 0 Å². The summed E-state index contributed by atoms with van der Waals surface area (Å²) >= 11 is 0. The largest absolute Gasteiger partial charge is 0.477 e. The predicted molar refractivity (Wildman–Crippen MR) is 79.4 cm³/mol. The maximum absolute atomic E-state index is 13.2. The Balaban J connectivity index is 1.48. The molecule has 1 fully saturated rings. The molecule has 1 saturated heterocycles. The lowest BCUT2D eigenvalue weighted by molar-refractivity contribution is 0.231. The zero-order valence-electron chi connectivity index (χ0n) is 12.5. The summed E-state index contributed by atoms with van der Waals surface area (Å²) < 4.78 is 44.5. The van der Waals surface area contributed by atoms with Crippen molar-refractivity contribution >= 4 is 0 Å². The number of hydrogen-bond acceptors (Lipinski definition) is 3. The fourth-order valence-corrected chi connectivity index (χ4v) is 2.74. The van der Waals surface area contributed by atoms with Gasteiger partial charge in [0.15, 0.2) is 11.6 Å². The standard InChI is InChI=1S/C17H17F3N2O/c18-14-2-4-17(21-8-14)23-11-13-5-6-22(10-13)9-12-1-3-15(19)16(20)7-12/h1-4,7-8,13H,5-6,9-11H2. The van der Waals surface area contributed by atoms with Gasteiger partial charge in [0.25, 0.3) is 0 Å². The van der Waals surface area contributed by atoms with E-state index in [1.165, 1.54) is 18.2 Å². The summed E-state index contributed by atoms with van der Waals surface area (Å²) in [4.78, 5) is 6.04. The van der Waals surface area contributed by atoms with Crippen molar-refractivity contribution in [3.8, 4) is 5.88 Å². The fraction of sp³-hybridized carbons (Fsp3) is 0.353. The van der Waals surface area contributed by atoms with E-state index < -0.39 is 17.5 Å². The van der Waals surface area contributed by atoms with Crippen LogP contribution in [-0.4, -0.2) is 29.6 Å². The minimum Gasteiger partial charge on any atom is -0.477 e. The molecule has 3 nitrogen and oxygen atoms in total. The third-order valence-corrected chi connectivity index (χ3v) is 3.93. The van der Waals surface area contributed by atoms with Crippen LogP contribution in [0.5, 0.6) is 5.88 Å².